The molecule has 0 aromatic heterocycles. The number of benzene rings is 2. The van der Waals surface area contributed by atoms with Gasteiger partial charge in [-0.3, -0.25) is 9.69 Å². The first kappa shape index (κ1) is 20.9. The number of urea groups is 1. The predicted molar refractivity (Wildman–Crippen MR) is 113 cm³/mol. The highest BCUT2D eigenvalue weighted by atomic mass is 32.2. The fourth-order valence-corrected chi connectivity index (χ4v) is 4.78. The Morgan fingerprint density at radius 3 is 2.38 bits per heavy atom. The van der Waals surface area contributed by atoms with Gasteiger partial charge in [0.05, 0.1) is 11.4 Å². The number of unbranched alkanes of at least 4 members (excludes halogenated alkanes) is 1. The molecule has 0 bridgehead atoms. The maximum atomic E-state index is 13.2. The van der Waals surface area contributed by atoms with Crippen LogP contribution >= 0.6 is 0 Å². The van der Waals surface area contributed by atoms with E-state index in [0.29, 0.717) is 6.54 Å². The highest BCUT2D eigenvalue weighted by Crippen LogP contribution is 2.37. The zero-order valence-corrected chi connectivity index (χ0v) is 17.4. The number of nitrogens with zero attached hydrogens (tertiary/aromatic N) is 2. The molecule has 1 heterocycles. The van der Waals surface area contributed by atoms with E-state index in [2.05, 4.69) is 5.32 Å². The van der Waals surface area contributed by atoms with Crippen LogP contribution in [0.15, 0.2) is 53.4 Å². The lowest BCUT2D eigenvalue weighted by Crippen LogP contribution is -2.53. The third-order valence-electron chi connectivity index (χ3n) is 4.81. The zero-order valence-electron chi connectivity index (χ0n) is 16.6. The van der Waals surface area contributed by atoms with Crippen molar-refractivity contribution in [2.24, 2.45) is 0 Å². The van der Waals surface area contributed by atoms with E-state index in [1.807, 2.05) is 13.8 Å². The van der Waals surface area contributed by atoms with Crippen molar-refractivity contribution in [3.05, 3.63) is 54.1 Å². The number of hydrogen-bond donors (Lipinski definition) is 1. The van der Waals surface area contributed by atoms with E-state index in [9.17, 15) is 18.0 Å². The summed E-state index contributed by atoms with van der Waals surface area (Å²) < 4.78 is 27.2. The molecule has 3 rings (SSSR count). The van der Waals surface area contributed by atoms with Gasteiger partial charge in [-0.05, 0) is 42.7 Å². The normalized spacial score (nSPS) is 15.2. The van der Waals surface area contributed by atoms with E-state index in [1.54, 1.807) is 42.5 Å². The molecule has 0 atom stereocenters. The number of fused-ring (bicyclic) bond motifs is 1. The van der Waals surface area contributed by atoms with Crippen LogP contribution < -0.4 is 14.5 Å². The van der Waals surface area contributed by atoms with Crippen LogP contribution in [0.1, 0.15) is 32.3 Å². The molecule has 7 nitrogen and oxygen atoms in total. The molecule has 0 aliphatic carbocycles. The number of para-hydroxylation sites is 1. The summed E-state index contributed by atoms with van der Waals surface area (Å²) in [5, 5.41) is 2.77. The van der Waals surface area contributed by atoms with Gasteiger partial charge in [-0.15, -0.1) is 0 Å². The van der Waals surface area contributed by atoms with Crippen LogP contribution in [0.25, 0.3) is 0 Å². The molecule has 1 aliphatic heterocycles. The highest BCUT2D eigenvalue weighted by Gasteiger charge is 2.42. The maximum Gasteiger partial charge on any atom is 0.343 e. The lowest BCUT2D eigenvalue weighted by molar-refractivity contribution is -0.119. The highest BCUT2D eigenvalue weighted by molar-refractivity contribution is 7.94. The quantitative estimate of drug-likeness (QED) is 0.703. The minimum atomic E-state index is -4.08. The number of nitrogens with one attached hydrogen (secondary N) is 1. The van der Waals surface area contributed by atoms with E-state index in [1.165, 1.54) is 11.0 Å². The molecule has 0 fully saturated rings. The first-order chi connectivity index (χ1) is 13.9. The third-order valence-corrected chi connectivity index (χ3v) is 6.56. The summed E-state index contributed by atoms with van der Waals surface area (Å²) in [6, 6.07) is 12.3. The van der Waals surface area contributed by atoms with Crippen molar-refractivity contribution in [3.8, 4) is 0 Å². The molecule has 3 amide bonds. The second kappa shape index (κ2) is 8.65. The van der Waals surface area contributed by atoms with Crippen LogP contribution in [0.3, 0.4) is 0 Å². The topological polar surface area (TPSA) is 86.8 Å². The van der Waals surface area contributed by atoms with Gasteiger partial charge in [-0.25, -0.2) is 13.2 Å². The predicted octanol–water partition coefficient (Wildman–Crippen LogP) is 3.30. The summed E-state index contributed by atoms with van der Waals surface area (Å²) in [4.78, 5) is 26.8. The summed E-state index contributed by atoms with van der Waals surface area (Å²) in [6.45, 7) is 4.27. The molecule has 2 aromatic carbocycles. The van der Waals surface area contributed by atoms with Gasteiger partial charge in [0.2, 0.25) is 5.91 Å². The fraction of sp³-hybridized carbons (Fsp3) is 0.333. The molecular weight excluding hydrogens is 390 g/mol. The van der Waals surface area contributed by atoms with Crippen LogP contribution in [0.2, 0.25) is 0 Å². The smallest absolute Gasteiger partial charge is 0.343 e. The van der Waals surface area contributed by atoms with Crippen molar-refractivity contribution >= 4 is 33.3 Å². The molecule has 0 saturated heterocycles. The molecule has 29 heavy (non-hydrogen) atoms. The van der Waals surface area contributed by atoms with Crippen molar-refractivity contribution in [1.82, 2.24) is 5.32 Å². The second-order valence-corrected chi connectivity index (χ2v) is 8.58. The Hall–Kier alpha value is -2.87. The molecule has 0 radical (unpaired) electrons. The van der Waals surface area contributed by atoms with Gasteiger partial charge in [0.15, 0.2) is 0 Å². The molecule has 154 valence electrons. The summed E-state index contributed by atoms with van der Waals surface area (Å²) in [6.07, 6.45) is 2.57. The molecule has 2 aromatic rings. The number of hydrogen-bond acceptors (Lipinski definition) is 4. The molecule has 1 aliphatic rings. The average molecular weight is 416 g/mol. The van der Waals surface area contributed by atoms with Crippen molar-refractivity contribution in [3.63, 3.8) is 0 Å². The van der Waals surface area contributed by atoms with Gasteiger partial charge in [-0.2, -0.15) is 4.31 Å². The molecule has 1 N–H and O–H groups in total. The van der Waals surface area contributed by atoms with Crippen LogP contribution in [-0.2, 0) is 21.2 Å². The van der Waals surface area contributed by atoms with Crippen LogP contribution in [0.4, 0.5) is 16.2 Å². The molecule has 0 unspecified atom stereocenters. The van der Waals surface area contributed by atoms with E-state index in [4.69, 9.17) is 0 Å². The van der Waals surface area contributed by atoms with Gasteiger partial charge >= 0.3 is 6.03 Å². The Balaban J connectivity index is 2.00. The lowest BCUT2D eigenvalue weighted by Gasteiger charge is -2.35. The summed E-state index contributed by atoms with van der Waals surface area (Å²) in [5.74, 6) is -0.331. The van der Waals surface area contributed by atoms with E-state index in [0.717, 1.165) is 29.1 Å². The number of carbonyl (C=O) groups is 2. The van der Waals surface area contributed by atoms with Gasteiger partial charge in [0, 0.05) is 6.54 Å². The lowest BCUT2D eigenvalue weighted by atomic mass is 10.1. The molecule has 8 heteroatoms. The van der Waals surface area contributed by atoms with Crippen LogP contribution in [0, 0.1) is 0 Å². The van der Waals surface area contributed by atoms with Crippen molar-refractivity contribution in [1.29, 1.82) is 0 Å². The second-order valence-electron chi connectivity index (χ2n) is 6.83. The monoisotopic (exact) mass is 415 g/mol. The van der Waals surface area contributed by atoms with E-state index in [-0.39, 0.29) is 28.7 Å². The summed E-state index contributed by atoms with van der Waals surface area (Å²) in [7, 11) is -4.08. The first-order valence-electron chi connectivity index (χ1n) is 9.71. The van der Waals surface area contributed by atoms with Crippen molar-refractivity contribution < 1.29 is 18.0 Å². The Labute approximate surface area is 171 Å². The van der Waals surface area contributed by atoms with E-state index >= 15 is 0 Å². The van der Waals surface area contributed by atoms with Crippen molar-refractivity contribution in [2.45, 2.75) is 38.0 Å². The van der Waals surface area contributed by atoms with Gasteiger partial charge in [0.25, 0.3) is 10.0 Å². The van der Waals surface area contributed by atoms with Crippen molar-refractivity contribution in [2.75, 3.05) is 22.3 Å². The average Bonchev–Trinajstić information content (AvgIpc) is 2.72. The van der Waals surface area contributed by atoms with Crippen LogP contribution in [-0.4, -0.2) is 33.4 Å². The van der Waals surface area contributed by atoms with Gasteiger partial charge < -0.3 is 5.32 Å². The minimum Gasteiger partial charge on any atom is -0.355 e. The van der Waals surface area contributed by atoms with Gasteiger partial charge in [0.1, 0.15) is 11.4 Å². The Morgan fingerprint density at radius 1 is 1.03 bits per heavy atom. The minimum absolute atomic E-state index is 0.000487. The Bertz CT molecular complexity index is 1000. The van der Waals surface area contributed by atoms with E-state index < -0.39 is 16.1 Å². The zero-order chi connectivity index (χ0) is 21.0. The molecular formula is C21H25N3O4S. The first-order valence-corrected chi connectivity index (χ1v) is 11.2. The maximum absolute atomic E-state index is 13.2. The Morgan fingerprint density at radius 2 is 1.72 bits per heavy atom. The molecule has 0 saturated carbocycles. The number of amides is 3. The number of rotatable bonds is 7. The third kappa shape index (κ3) is 4.12. The molecule has 0 spiro atoms. The van der Waals surface area contributed by atoms with Crippen LogP contribution in [0.5, 0.6) is 0 Å². The number of anilines is 2. The number of carbonyl (C=O) groups excluding carboxylic acids is 2. The summed E-state index contributed by atoms with van der Waals surface area (Å²) in [5.41, 5.74) is 1.49. The number of aryl methyl sites for hydroxylation is 1. The standard InChI is InChI=1S/C21H25N3O4S/c1-3-5-14-22-20(25)15-23-18-8-6-7-9-19(18)29(27,28)24(21(23)26)17-12-10-16(4-2)11-13-17/h6-13H,3-5,14-15H2,1-2H3,(H,22,25). The SMILES string of the molecule is CCCCNC(=O)CN1C(=O)N(c2ccc(CC)cc2)S(=O)(=O)c2ccccc21. The number of sulfonamides is 1. The fourth-order valence-electron chi connectivity index (χ4n) is 3.19. The van der Waals surface area contributed by atoms with Gasteiger partial charge in [-0.1, -0.05) is 44.5 Å². The summed E-state index contributed by atoms with van der Waals surface area (Å²) >= 11 is 0. The largest absolute Gasteiger partial charge is 0.355 e. The Kier molecular flexibility index (Phi) is 6.22.